The highest BCUT2D eigenvalue weighted by Crippen LogP contribution is 2.39. The molecule has 22 heavy (non-hydrogen) atoms. The number of ether oxygens (including phenoxy) is 3. The number of hydrogen-bond acceptors (Lipinski definition) is 5. The van der Waals surface area contributed by atoms with Gasteiger partial charge in [-0.1, -0.05) is 0 Å². The van der Waals surface area contributed by atoms with E-state index < -0.39 is 11.0 Å². The molecule has 7 nitrogen and oxygen atoms in total. The minimum Gasteiger partial charge on any atom is -0.493 e. The summed E-state index contributed by atoms with van der Waals surface area (Å²) in [6.07, 6.45) is 0.819. The molecule has 8 heteroatoms. The second kappa shape index (κ2) is 7.46. The molecule has 0 aromatic heterocycles. The first-order valence-electron chi connectivity index (χ1n) is 6.80. The summed E-state index contributed by atoms with van der Waals surface area (Å²) < 4.78 is 30.3. The van der Waals surface area contributed by atoms with Gasteiger partial charge in [-0.05, 0) is 0 Å². The van der Waals surface area contributed by atoms with E-state index in [1.165, 1.54) is 21.3 Å². The molecule has 0 bridgehead atoms. The molecule has 0 aliphatic carbocycles. The van der Waals surface area contributed by atoms with Crippen LogP contribution in [0.3, 0.4) is 0 Å². The zero-order chi connectivity index (χ0) is 16.1. The SMILES string of the molecule is COc1cc(S(=O)N2CCN(C=O)CC2)cc(OC)c1OC. The van der Waals surface area contributed by atoms with Crippen molar-refractivity contribution in [2.45, 2.75) is 4.90 Å². The number of carbonyl (C=O) groups is 1. The van der Waals surface area contributed by atoms with Crippen LogP contribution in [0.1, 0.15) is 0 Å². The van der Waals surface area contributed by atoms with Gasteiger partial charge in [-0.2, -0.15) is 0 Å². The fraction of sp³-hybridized carbons (Fsp3) is 0.500. The lowest BCUT2D eigenvalue weighted by molar-refractivity contribution is -0.119. The molecule has 1 amide bonds. The van der Waals surface area contributed by atoms with E-state index in [2.05, 4.69) is 0 Å². The van der Waals surface area contributed by atoms with Gasteiger partial charge in [-0.25, -0.2) is 8.51 Å². The fourth-order valence-corrected chi connectivity index (χ4v) is 3.49. The molecule has 1 unspecified atom stereocenters. The summed E-state index contributed by atoms with van der Waals surface area (Å²) in [5.41, 5.74) is 0. The van der Waals surface area contributed by atoms with Crippen molar-refractivity contribution >= 4 is 17.4 Å². The van der Waals surface area contributed by atoms with Gasteiger partial charge in [0.25, 0.3) is 0 Å². The van der Waals surface area contributed by atoms with Gasteiger partial charge in [-0.3, -0.25) is 4.79 Å². The zero-order valence-corrected chi connectivity index (χ0v) is 13.7. The number of rotatable bonds is 6. The highest BCUT2D eigenvalue weighted by molar-refractivity contribution is 7.82. The average Bonchev–Trinajstić information content (AvgIpc) is 2.59. The Hall–Kier alpha value is -1.80. The van der Waals surface area contributed by atoms with Crippen molar-refractivity contribution < 1.29 is 23.2 Å². The van der Waals surface area contributed by atoms with Crippen LogP contribution in [0.2, 0.25) is 0 Å². The van der Waals surface area contributed by atoms with E-state index in [0.29, 0.717) is 48.3 Å². The van der Waals surface area contributed by atoms with Crippen molar-refractivity contribution in [1.29, 1.82) is 0 Å². The van der Waals surface area contributed by atoms with E-state index in [1.807, 2.05) is 4.31 Å². The molecule has 1 atom stereocenters. The Balaban J connectivity index is 2.24. The molecule has 0 radical (unpaired) electrons. The minimum absolute atomic E-state index is 0.469. The monoisotopic (exact) mass is 328 g/mol. The van der Waals surface area contributed by atoms with Crippen LogP contribution in [0.25, 0.3) is 0 Å². The molecule has 2 rings (SSSR count). The summed E-state index contributed by atoms with van der Waals surface area (Å²) in [6, 6.07) is 3.37. The molecule has 122 valence electrons. The van der Waals surface area contributed by atoms with Gasteiger partial charge in [-0.15, -0.1) is 0 Å². The van der Waals surface area contributed by atoms with Crippen LogP contribution in [0, 0.1) is 0 Å². The first kappa shape index (κ1) is 16.6. The molecule has 0 saturated carbocycles. The Morgan fingerprint density at radius 3 is 1.95 bits per heavy atom. The van der Waals surface area contributed by atoms with E-state index in [9.17, 15) is 9.00 Å². The van der Waals surface area contributed by atoms with Gasteiger partial charge in [0.05, 0.1) is 26.2 Å². The number of methoxy groups -OCH3 is 3. The second-order valence-corrected chi connectivity index (χ2v) is 6.17. The van der Waals surface area contributed by atoms with Crippen molar-refractivity contribution in [3.63, 3.8) is 0 Å². The lowest BCUT2D eigenvalue weighted by atomic mass is 10.3. The van der Waals surface area contributed by atoms with Crippen molar-refractivity contribution in [1.82, 2.24) is 9.21 Å². The average molecular weight is 328 g/mol. The highest BCUT2D eigenvalue weighted by Gasteiger charge is 2.24. The Kier molecular flexibility index (Phi) is 5.62. The van der Waals surface area contributed by atoms with Crippen LogP contribution in [-0.4, -0.2) is 67.3 Å². The van der Waals surface area contributed by atoms with Crippen LogP contribution in [-0.2, 0) is 15.8 Å². The van der Waals surface area contributed by atoms with Crippen LogP contribution < -0.4 is 14.2 Å². The largest absolute Gasteiger partial charge is 0.493 e. The molecule has 1 aliphatic heterocycles. The number of hydrogen-bond donors (Lipinski definition) is 0. The first-order chi connectivity index (χ1) is 10.6. The molecule has 1 aromatic rings. The first-order valence-corrected chi connectivity index (χ1v) is 7.91. The number of amides is 1. The summed E-state index contributed by atoms with van der Waals surface area (Å²) in [6.45, 7) is 2.25. The Labute approximate surface area is 132 Å². The van der Waals surface area contributed by atoms with Gasteiger partial charge in [0.15, 0.2) is 11.5 Å². The summed E-state index contributed by atoms with van der Waals surface area (Å²) in [5, 5.41) is 0. The lowest BCUT2D eigenvalue weighted by Crippen LogP contribution is -2.46. The van der Waals surface area contributed by atoms with E-state index >= 15 is 0 Å². The predicted molar refractivity (Wildman–Crippen MR) is 81.7 cm³/mol. The topological polar surface area (TPSA) is 68.3 Å². The maximum Gasteiger partial charge on any atom is 0.209 e. The minimum atomic E-state index is -1.35. The zero-order valence-electron chi connectivity index (χ0n) is 12.9. The number of piperazine rings is 1. The molecule has 1 saturated heterocycles. The van der Waals surface area contributed by atoms with Crippen molar-refractivity contribution in [2.24, 2.45) is 0 Å². The third kappa shape index (κ3) is 3.33. The maximum atomic E-state index is 12.7. The smallest absolute Gasteiger partial charge is 0.209 e. The van der Waals surface area contributed by atoms with Gasteiger partial charge in [0, 0.05) is 38.3 Å². The standard InChI is InChI=1S/C14H20N2O5S/c1-19-12-8-11(9-13(20-2)14(12)21-3)22(18)16-6-4-15(10-17)5-7-16/h8-10H,4-7H2,1-3H3. The van der Waals surface area contributed by atoms with Crippen molar-refractivity contribution in [2.75, 3.05) is 47.5 Å². The summed E-state index contributed by atoms with van der Waals surface area (Å²) in [4.78, 5) is 13.0. The number of carbonyl (C=O) groups excluding carboxylic acids is 1. The molecule has 1 heterocycles. The van der Waals surface area contributed by atoms with E-state index in [-0.39, 0.29) is 0 Å². The summed E-state index contributed by atoms with van der Waals surface area (Å²) in [7, 11) is 3.22. The highest BCUT2D eigenvalue weighted by atomic mass is 32.2. The molecule has 1 fully saturated rings. The molecular weight excluding hydrogens is 308 g/mol. The lowest BCUT2D eigenvalue weighted by Gasteiger charge is -2.31. The predicted octanol–water partition coefficient (Wildman–Crippen LogP) is 0.509. The fourth-order valence-electron chi connectivity index (χ4n) is 2.28. The van der Waals surface area contributed by atoms with Crippen molar-refractivity contribution in [3.05, 3.63) is 12.1 Å². The molecule has 1 aliphatic rings. The van der Waals surface area contributed by atoms with E-state index in [1.54, 1.807) is 17.0 Å². The summed E-state index contributed by atoms with van der Waals surface area (Å²) >= 11 is 0. The summed E-state index contributed by atoms with van der Waals surface area (Å²) in [5.74, 6) is 1.41. The normalized spacial score (nSPS) is 17.0. The third-order valence-corrected chi connectivity index (χ3v) is 4.97. The van der Waals surface area contributed by atoms with Crippen LogP contribution in [0.5, 0.6) is 17.2 Å². The van der Waals surface area contributed by atoms with Crippen molar-refractivity contribution in [3.8, 4) is 17.2 Å². The third-order valence-electron chi connectivity index (χ3n) is 3.50. The van der Waals surface area contributed by atoms with Gasteiger partial charge in [0.2, 0.25) is 12.2 Å². The van der Waals surface area contributed by atoms with E-state index in [0.717, 1.165) is 6.41 Å². The maximum absolute atomic E-state index is 12.7. The van der Waals surface area contributed by atoms with Crippen LogP contribution in [0.4, 0.5) is 0 Å². The molecule has 1 aromatic carbocycles. The Bertz CT molecular complexity index is 533. The molecule has 0 spiro atoms. The Morgan fingerprint density at radius 2 is 1.55 bits per heavy atom. The quantitative estimate of drug-likeness (QED) is 0.712. The van der Waals surface area contributed by atoms with E-state index in [4.69, 9.17) is 14.2 Å². The Morgan fingerprint density at radius 1 is 1.00 bits per heavy atom. The number of nitrogens with zero attached hydrogens (tertiary/aromatic N) is 2. The van der Waals surface area contributed by atoms with Gasteiger partial charge < -0.3 is 19.1 Å². The van der Waals surface area contributed by atoms with Gasteiger partial charge >= 0.3 is 0 Å². The van der Waals surface area contributed by atoms with Gasteiger partial charge in [0.1, 0.15) is 11.0 Å². The van der Waals surface area contributed by atoms with Crippen LogP contribution in [0.15, 0.2) is 17.0 Å². The molecular formula is C14H20N2O5S. The molecule has 0 N–H and O–H groups in total. The van der Waals surface area contributed by atoms with Crippen LogP contribution >= 0.6 is 0 Å². The number of benzene rings is 1. The second-order valence-electron chi connectivity index (χ2n) is 4.68.